The van der Waals surface area contributed by atoms with Crippen LogP contribution in [0.25, 0.3) is 10.8 Å². The quantitative estimate of drug-likeness (QED) is 0.448. The van der Waals surface area contributed by atoms with E-state index in [9.17, 15) is 4.79 Å². The van der Waals surface area contributed by atoms with Crippen LogP contribution in [-0.4, -0.2) is 32.2 Å². The second-order valence-corrected chi connectivity index (χ2v) is 8.00. The Balaban J connectivity index is 1.19. The highest BCUT2D eigenvalue weighted by Crippen LogP contribution is 2.29. The molecule has 0 saturated carbocycles. The average molecular weight is 444 g/mol. The number of fused-ring (bicyclic) bond motifs is 2. The monoisotopic (exact) mass is 444 g/mol. The number of aromatic nitrogens is 4. The number of benzene rings is 1. The maximum absolute atomic E-state index is 11.1. The van der Waals surface area contributed by atoms with Crippen molar-refractivity contribution in [3.8, 4) is 11.8 Å². The number of carbonyl (C=O) groups excluding carboxylic acids is 1. The Labute approximate surface area is 190 Å². The molecule has 0 saturated heterocycles. The number of nitrogens with zero attached hydrogens (tertiary/aromatic N) is 4. The lowest BCUT2D eigenvalue weighted by atomic mass is 9.99. The summed E-state index contributed by atoms with van der Waals surface area (Å²) in [6, 6.07) is 11.4. The number of hydrogen-bond acceptors (Lipinski definition) is 7. The zero-order chi connectivity index (χ0) is 22.6. The molecule has 5 rings (SSSR count). The number of nitrogens with one attached hydrogen (secondary N) is 1. The number of rotatable bonds is 7. The van der Waals surface area contributed by atoms with Gasteiger partial charge in [-0.2, -0.15) is 0 Å². The largest absolute Gasteiger partial charge is 0.477 e. The molecule has 168 valence electrons. The van der Waals surface area contributed by atoms with Crippen molar-refractivity contribution in [2.24, 2.45) is 11.7 Å². The molecule has 1 amide bonds. The Morgan fingerprint density at radius 3 is 2.91 bits per heavy atom. The standard InChI is InChI=1S/C24H24N6O3/c25-24(31)33-23-19-2-1-3-20(18(19)6-8-27-23)28-13-17-4-5-22(29-14-17)32-15-16-7-10-30-11-9-26-21(30)12-16/h1-6,8-9,11,14,16,28H,7,10,12-13,15H2,(H2,25,31)/t16-/m0/s1. The van der Waals surface area contributed by atoms with Gasteiger partial charge in [-0.05, 0) is 30.2 Å². The van der Waals surface area contributed by atoms with E-state index in [1.54, 1.807) is 6.20 Å². The molecule has 0 bridgehead atoms. The van der Waals surface area contributed by atoms with Crippen molar-refractivity contribution in [3.05, 3.63) is 72.6 Å². The van der Waals surface area contributed by atoms with Gasteiger partial charge in [0.2, 0.25) is 11.8 Å². The van der Waals surface area contributed by atoms with Gasteiger partial charge in [0.25, 0.3) is 0 Å². The Hall–Kier alpha value is -4.14. The summed E-state index contributed by atoms with van der Waals surface area (Å²) in [7, 11) is 0. The molecule has 0 spiro atoms. The summed E-state index contributed by atoms with van der Waals surface area (Å²) in [6.07, 6.45) is 8.40. The molecule has 1 aliphatic heterocycles. The van der Waals surface area contributed by atoms with E-state index in [4.69, 9.17) is 15.2 Å². The number of amides is 1. The summed E-state index contributed by atoms with van der Waals surface area (Å²) >= 11 is 0. The molecule has 0 fully saturated rings. The lowest BCUT2D eigenvalue weighted by molar-refractivity contribution is 0.209. The highest BCUT2D eigenvalue weighted by molar-refractivity contribution is 5.97. The van der Waals surface area contributed by atoms with Gasteiger partial charge in [0.15, 0.2) is 0 Å². The molecular formula is C24H24N6O3. The molecule has 9 heteroatoms. The molecule has 3 aromatic heterocycles. The van der Waals surface area contributed by atoms with Crippen LogP contribution in [0, 0.1) is 5.92 Å². The molecule has 3 N–H and O–H groups in total. The molecule has 0 radical (unpaired) electrons. The van der Waals surface area contributed by atoms with E-state index in [1.807, 2.05) is 55.0 Å². The number of hydrogen-bond donors (Lipinski definition) is 2. The van der Waals surface area contributed by atoms with E-state index >= 15 is 0 Å². The lowest BCUT2D eigenvalue weighted by Gasteiger charge is -2.23. The first-order chi connectivity index (χ1) is 16.2. The van der Waals surface area contributed by atoms with Crippen LogP contribution in [0.2, 0.25) is 0 Å². The zero-order valence-corrected chi connectivity index (χ0v) is 18.0. The maximum Gasteiger partial charge on any atom is 0.411 e. The van der Waals surface area contributed by atoms with E-state index in [1.165, 1.54) is 0 Å². The first-order valence-corrected chi connectivity index (χ1v) is 10.8. The molecular weight excluding hydrogens is 420 g/mol. The van der Waals surface area contributed by atoms with Gasteiger partial charge in [-0.3, -0.25) is 0 Å². The van der Waals surface area contributed by atoms with Gasteiger partial charge in [-0.25, -0.2) is 19.7 Å². The number of aryl methyl sites for hydroxylation is 1. The third-order valence-electron chi connectivity index (χ3n) is 5.77. The number of pyridine rings is 2. The summed E-state index contributed by atoms with van der Waals surface area (Å²) in [4.78, 5) is 24.1. The van der Waals surface area contributed by atoms with Crippen LogP contribution in [0.15, 0.2) is 61.2 Å². The molecule has 1 aromatic carbocycles. The van der Waals surface area contributed by atoms with Crippen molar-refractivity contribution in [2.45, 2.75) is 25.9 Å². The number of ether oxygens (including phenoxy) is 2. The Morgan fingerprint density at radius 1 is 1.12 bits per heavy atom. The van der Waals surface area contributed by atoms with E-state index in [2.05, 4.69) is 24.8 Å². The van der Waals surface area contributed by atoms with E-state index in [-0.39, 0.29) is 5.88 Å². The van der Waals surface area contributed by atoms with Gasteiger partial charge < -0.3 is 25.1 Å². The molecule has 4 heterocycles. The van der Waals surface area contributed by atoms with Crippen LogP contribution in [0.4, 0.5) is 10.5 Å². The summed E-state index contributed by atoms with van der Waals surface area (Å²) in [5.41, 5.74) is 7.05. The van der Waals surface area contributed by atoms with Crippen LogP contribution in [-0.2, 0) is 19.5 Å². The summed E-state index contributed by atoms with van der Waals surface area (Å²) in [5, 5.41) is 4.99. The minimum absolute atomic E-state index is 0.189. The molecule has 0 aliphatic carbocycles. The van der Waals surface area contributed by atoms with Crippen LogP contribution in [0.5, 0.6) is 11.8 Å². The minimum Gasteiger partial charge on any atom is -0.477 e. The third-order valence-corrected chi connectivity index (χ3v) is 5.77. The molecule has 1 aliphatic rings. The van der Waals surface area contributed by atoms with Crippen molar-refractivity contribution in [2.75, 3.05) is 11.9 Å². The van der Waals surface area contributed by atoms with Gasteiger partial charge in [-0.15, -0.1) is 0 Å². The Morgan fingerprint density at radius 2 is 2.06 bits per heavy atom. The molecule has 0 unspecified atom stereocenters. The predicted octanol–water partition coefficient (Wildman–Crippen LogP) is 3.54. The Bertz CT molecular complexity index is 1270. The molecule has 9 nitrogen and oxygen atoms in total. The average Bonchev–Trinajstić information content (AvgIpc) is 3.30. The van der Waals surface area contributed by atoms with Gasteiger partial charge >= 0.3 is 6.09 Å². The van der Waals surface area contributed by atoms with Gasteiger partial charge in [0.05, 0.1) is 6.61 Å². The van der Waals surface area contributed by atoms with E-state index in [0.717, 1.165) is 41.8 Å². The number of imidazole rings is 1. The number of anilines is 1. The topological polar surface area (TPSA) is 117 Å². The van der Waals surface area contributed by atoms with E-state index in [0.29, 0.717) is 30.3 Å². The maximum atomic E-state index is 11.1. The van der Waals surface area contributed by atoms with Crippen LogP contribution < -0.4 is 20.5 Å². The second kappa shape index (κ2) is 9.15. The fourth-order valence-electron chi connectivity index (χ4n) is 4.07. The second-order valence-electron chi connectivity index (χ2n) is 8.00. The van der Waals surface area contributed by atoms with Crippen molar-refractivity contribution in [1.29, 1.82) is 0 Å². The molecule has 33 heavy (non-hydrogen) atoms. The summed E-state index contributed by atoms with van der Waals surface area (Å²) in [6.45, 7) is 2.20. The Kier molecular flexibility index (Phi) is 5.75. The van der Waals surface area contributed by atoms with Crippen molar-refractivity contribution >= 4 is 22.6 Å². The fraction of sp³-hybridized carbons (Fsp3) is 0.250. The fourth-order valence-corrected chi connectivity index (χ4v) is 4.07. The highest BCUT2D eigenvalue weighted by Gasteiger charge is 2.19. The van der Waals surface area contributed by atoms with Crippen molar-refractivity contribution in [1.82, 2.24) is 19.5 Å². The normalized spacial score (nSPS) is 15.1. The van der Waals surface area contributed by atoms with Crippen LogP contribution in [0.3, 0.4) is 0 Å². The summed E-state index contributed by atoms with van der Waals surface area (Å²) < 4.78 is 13.1. The zero-order valence-electron chi connectivity index (χ0n) is 18.0. The molecule has 1 atom stereocenters. The van der Waals surface area contributed by atoms with E-state index < -0.39 is 6.09 Å². The van der Waals surface area contributed by atoms with Gasteiger partial charge in [0.1, 0.15) is 5.82 Å². The van der Waals surface area contributed by atoms with Crippen LogP contribution >= 0.6 is 0 Å². The first-order valence-electron chi connectivity index (χ1n) is 10.8. The first kappa shape index (κ1) is 20.7. The predicted molar refractivity (Wildman–Crippen MR) is 123 cm³/mol. The third kappa shape index (κ3) is 4.72. The van der Waals surface area contributed by atoms with Crippen molar-refractivity contribution in [3.63, 3.8) is 0 Å². The minimum atomic E-state index is -0.892. The molecule has 4 aromatic rings. The van der Waals surface area contributed by atoms with Gasteiger partial charge in [-0.1, -0.05) is 12.1 Å². The van der Waals surface area contributed by atoms with Crippen molar-refractivity contribution < 1.29 is 14.3 Å². The SMILES string of the molecule is NC(=O)Oc1nccc2c(NCc3ccc(OC[C@H]4CCn5ccnc5C4)nc3)cccc12. The summed E-state index contributed by atoms with van der Waals surface area (Å²) in [5.74, 6) is 2.39. The number of carbonyl (C=O) groups is 1. The van der Waals surface area contributed by atoms with Gasteiger partial charge in [0, 0.05) is 72.7 Å². The highest BCUT2D eigenvalue weighted by atomic mass is 16.6. The van der Waals surface area contributed by atoms with Crippen LogP contribution in [0.1, 0.15) is 17.8 Å². The number of primary amides is 1. The number of nitrogens with two attached hydrogens (primary N) is 1. The lowest BCUT2D eigenvalue weighted by Crippen LogP contribution is -2.24. The smallest absolute Gasteiger partial charge is 0.411 e.